The van der Waals surface area contributed by atoms with Gasteiger partial charge in [0.05, 0.1) is 22.5 Å². The summed E-state index contributed by atoms with van der Waals surface area (Å²) >= 11 is 6.20. The number of para-hydroxylation sites is 1. The Morgan fingerprint density at radius 1 is 1.21 bits per heavy atom. The van der Waals surface area contributed by atoms with Crippen molar-refractivity contribution >= 4 is 47.4 Å². The van der Waals surface area contributed by atoms with Crippen molar-refractivity contribution < 1.29 is 14.4 Å². The molecule has 28 heavy (non-hydrogen) atoms. The lowest BCUT2D eigenvalue weighted by atomic mass is 9.95. The molecule has 0 saturated carbocycles. The molecule has 0 aromatic heterocycles. The van der Waals surface area contributed by atoms with Gasteiger partial charge in [0.1, 0.15) is 0 Å². The third-order valence-electron chi connectivity index (χ3n) is 5.16. The molecule has 0 aliphatic carbocycles. The van der Waals surface area contributed by atoms with Crippen molar-refractivity contribution in [2.24, 2.45) is 17.6 Å². The van der Waals surface area contributed by atoms with E-state index in [1.165, 1.54) is 0 Å². The highest BCUT2D eigenvalue weighted by Crippen LogP contribution is 2.32. The van der Waals surface area contributed by atoms with Gasteiger partial charge in [0.15, 0.2) is 0 Å². The van der Waals surface area contributed by atoms with Crippen LogP contribution in [-0.2, 0) is 14.4 Å². The predicted octanol–water partition coefficient (Wildman–Crippen LogP) is 1.43. The minimum absolute atomic E-state index is 0. The molecule has 2 aliphatic rings. The van der Waals surface area contributed by atoms with Crippen LogP contribution in [0.5, 0.6) is 0 Å². The molecule has 2 fully saturated rings. The van der Waals surface area contributed by atoms with Gasteiger partial charge in [0, 0.05) is 39.1 Å². The Bertz CT molecular complexity index is 731. The van der Waals surface area contributed by atoms with Crippen molar-refractivity contribution in [3.05, 3.63) is 29.3 Å². The van der Waals surface area contributed by atoms with Crippen LogP contribution in [0.3, 0.4) is 0 Å². The Hall–Kier alpha value is -1.83. The summed E-state index contributed by atoms with van der Waals surface area (Å²) in [4.78, 5) is 40.9. The lowest BCUT2D eigenvalue weighted by Crippen LogP contribution is -2.48. The molecule has 1 aromatic carbocycles. The minimum Gasteiger partial charge on any atom is -0.355 e. The van der Waals surface area contributed by atoms with Gasteiger partial charge in [-0.1, -0.05) is 23.7 Å². The summed E-state index contributed by atoms with van der Waals surface area (Å²) in [5.74, 6) is -0.839. The molecule has 3 amide bonds. The highest BCUT2D eigenvalue weighted by atomic mass is 35.5. The molecule has 7 nitrogen and oxygen atoms in total. The zero-order chi connectivity index (χ0) is 19.4. The number of anilines is 1. The third-order valence-corrected chi connectivity index (χ3v) is 5.48. The zero-order valence-electron chi connectivity index (χ0n) is 15.6. The highest BCUT2D eigenvalue weighted by molar-refractivity contribution is 6.33. The fraction of sp³-hybridized carbons (Fsp3) is 0.526. The van der Waals surface area contributed by atoms with Crippen LogP contribution >= 0.6 is 24.0 Å². The first-order valence-corrected chi connectivity index (χ1v) is 9.70. The molecule has 2 atom stereocenters. The number of carbonyl (C=O) groups excluding carboxylic acids is 3. The average Bonchev–Trinajstić information content (AvgIpc) is 3.07. The van der Waals surface area contributed by atoms with Gasteiger partial charge in [0.25, 0.3) is 0 Å². The van der Waals surface area contributed by atoms with E-state index < -0.39 is 5.92 Å². The van der Waals surface area contributed by atoms with Crippen LogP contribution in [0.25, 0.3) is 0 Å². The van der Waals surface area contributed by atoms with Crippen LogP contribution in [0.4, 0.5) is 5.69 Å². The van der Waals surface area contributed by atoms with E-state index in [2.05, 4.69) is 5.32 Å². The summed E-state index contributed by atoms with van der Waals surface area (Å²) in [5.41, 5.74) is 6.06. The fourth-order valence-electron chi connectivity index (χ4n) is 3.77. The number of hydrogen-bond donors (Lipinski definition) is 2. The van der Waals surface area contributed by atoms with Crippen LogP contribution in [0.15, 0.2) is 24.3 Å². The molecule has 0 bridgehead atoms. The Labute approximate surface area is 176 Å². The average molecular weight is 429 g/mol. The van der Waals surface area contributed by atoms with E-state index >= 15 is 0 Å². The summed E-state index contributed by atoms with van der Waals surface area (Å²) in [6.45, 7) is 2.17. The SMILES string of the molecule is Cl.NCCNC(=O)C1CCCN(C(=O)C2CC(=O)N(c3ccccc3Cl)C2)C1. The topological polar surface area (TPSA) is 95.7 Å². The van der Waals surface area contributed by atoms with E-state index in [1.807, 2.05) is 6.07 Å². The van der Waals surface area contributed by atoms with Gasteiger partial charge in [0.2, 0.25) is 17.7 Å². The quantitative estimate of drug-likeness (QED) is 0.740. The van der Waals surface area contributed by atoms with Crippen molar-refractivity contribution in [3.8, 4) is 0 Å². The molecule has 2 heterocycles. The summed E-state index contributed by atoms with van der Waals surface area (Å²) in [6, 6.07) is 7.14. The number of amides is 3. The number of likely N-dealkylation sites (tertiary alicyclic amines) is 1. The maximum atomic E-state index is 13.0. The number of nitrogens with one attached hydrogen (secondary N) is 1. The van der Waals surface area contributed by atoms with E-state index in [0.29, 0.717) is 43.4 Å². The van der Waals surface area contributed by atoms with E-state index in [4.69, 9.17) is 17.3 Å². The van der Waals surface area contributed by atoms with Gasteiger partial charge in [-0.15, -0.1) is 12.4 Å². The molecular weight excluding hydrogens is 403 g/mol. The minimum atomic E-state index is -0.403. The van der Waals surface area contributed by atoms with Crippen LogP contribution < -0.4 is 16.0 Å². The lowest BCUT2D eigenvalue weighted by Gasteiger charge is -2.33. The first-order valence-electron chi connectivity index (χ1n) is 9.32. The van der Waals surface area contributed by atoms with E-state index in [0.717, 1.165) is 12.8 Å². The van der Waals surface area contributed by atoms with Crippen LogP contribution in [0, 0.1) is 11.8 Å². The summed E-state index contributed by atoms with van der Waals surface area (Å²) in [5, 5.41) is 3.29. The number of rotatable bonds is 5. The number of hydrogen-bond acceptors (Lipinski definition) is 4. The smallest absolute Gasteiger partial charge is 0.228 e. The third kappa shape index (κ3) is 4.96. The van der Waals surface area contributed by atoms with Crippen LogP contribution in [0.2, 0.25) is 5.02 Å². The number of nitrogens with two attached hydrogens (primary N) is 1. The second-order valence-corrected chi connectivity index (χ2v) is 7.47. The van der Waals surface area contributed by atoms with Crippen molar-refractivity contribution in [1.29, 1.82) is 0 Å². The second-order valence-electron chi connectivity index (χ2n) is 7.06. The number of piperidine rings is 1. The van der Waals surface area contributed by atoms with Gasteiger partial charge in [-0.3, -0.25) is 14.4 Å². The Balaban J connectivity index is 0.00000280. The molecule has 3 N–H and O–H groups in total. The Kier molecular flexibility index (Phi) is 8.10. The normalized spacial score (nSPS) is 22.0. The number of benzene rings is 1. The molecule has 0 spiro atoms. The molecule has 2 saturated heterocycles. The summed E-state index contributed by atoms with van der Waals surface area (Å²) in [7, 11) is 0. The number of carbonyl (C=O) groups is 3. The van der Waals surface area contributed by atoms with Crippen molar-refractivity contribution in [1.82, 2.24) is 10.2 Å². The Morgan fingerprint density at radius 2 is 1.96 bits per heavy atom. The Morgan fingerprint density at radius 3 is 2.68 bits per heavy atom. The zero-order valence-corrected chi connectivity index (χ0v) is 17.2. The first-order chi connectivity index (χ1) is 13.0. The van der Waals surface area contributed by atoms with Gasteiger partial charge in [-0.25, -0.2) is 0 Å². The van der Waals surface area contributed by atoms with Crippen LogP contribution in [-0.4, -0.2) is 55.3 Å². The van der Waals surface area contributed by atoms with Crippen molar-refractivity contribution in [2.45, 2.75) is 19.3 Å². The van der Waals surface area contributed by atoms with E-state index in [9.17, 15) is 14.4 Å². The van der Waals surface area contributed by atoms with E-state index in [-0.39, 0.29) is 42.5 Å². The maximum Gasteiger partial charge on any atom is 0.228 e. The maximum absolute atomic E-state index is 13.0. The van der Waals surface area contributed by atoms with Gasteiger partial charge >= 0.3 is 0 Å². The van der Waals surface area contributed by atoms with Crippen molar-refractivity contribution in [3.63, 3.8) is 0 Å². The largest absolute Gasteiger partial charge is 0.355 e. The summed E-state index contributed by atoms with van der Waals surface area (Å²) < 4.78 is 0. The van der Waals surface area contributed by atoms with Gasteiger partial charge in [-0.2, -0.15) is 0 Å². The van der Waals surface area contributed by atoms with E-state index in [1.54, 1.807) is 28.0 Å². The number of halogens is 2. The predicted molar refractivity (Wildman–Crippen MR) is 111 cm³/mol. The highest BCUT2D eigenvalue weighted by Gasteiger charge is 2.39. The molecule has 154 valence electrons. The fourth-order valence-corrected chi connectivity index (χ4v) is 4.00. The molecule has 3 rings (SSSR count). The van der Waals surface area contributed by atoms with Crippen molar-refractivity contribution in [2.75, 3.05) is 37.6 Å². The lowest BCUT2D eigenvalue weighted by molar-refractivity contribution is -0.139. The van der Waals surface area contributed by atoms with Gasteiger partial charge < -0.3 is 20.9 Å². The first kappa shape index (κ1) is 22.5. The van der Waals surface area contributed by atoms with Crippen LogP contribution in [0.1, 0.15) is 19.3 Å². The van der Waals surface area contributed by atoms with Gasteiger partial charge in [-0.05, 0) is 25.0 Å². The molecule has 9 heteroatoms. The number of nitrogens with zero attached hydrogens (tertiary/aromatic N) is 2. The molecule has 2 aliphatic heterocycles. The molecule has 1 aromatic rings. The standard InChI is InChI=1S/C19H25ClN4O3.ClH/c20-15-5-1-2-6-16(15)24-12-14(10-17(24)25)19(27)23-9-3-4-13(11-23)18(26)22-8-7-21;/h1-2,5-6,13-14H,3-4,7-12,21H2,(H,22,26);1H. The molecular formula is C19H26Cl2N4O3. The molecule has 0 radical (unpaired) electrons. The summed E-state index contributed by atoms with van der Waals surface area (Å²) in [6.07, 6.45) is 1.71. The molecule has 2 unspecified atom stereocenters. The monoisotopic (exact) mass is 428 g/mol. The second kappa shape index (κ2) is 10.1.